The fourth-order valence-corrected chi connectivity index (χ4v) is 6.17. The average molecular weight is 636 g/mol. The van der Waals surface area contributed by atoms with E-state index in [2.05, 4.69) is 45.0 Å². The lowest BCUT2D eigenvalue weighted by Gasteiger charge is -2.26. The van der Waals surface area contributed by atoms with Gasteiger partial charge in [-0.1, -0.05) is 61.9 Å². The van der Waals surface area contributed by atoms with E-state index in [1.54, 1.807) is 0 Å². The maximum absolute atomic E-state index is 13.1. The summed E-state index contributed by atoms with van der Waals surface area (Å²) in [6.07, 6.45) is -2.27. The minimum absolute atomic E-state index is 0.0839. The number of nitrogens with zero attached hydrogens (tertiary/aromatic N) is 4. The Morgan fingerprint density at radius 3 is 2.53 bits per heavy atom. The average Bonchev–Trinajstić information content (AvgIpc) is 3.47. The van der Waals surface area contributed by atoms with Crippen LogP contribution in [0.5, 0.6) is 5.75 Å². The van der Waals surface area contributed by atoms with Crippen LogP contribution in [0.2, 0.25) is 0 Å². The lowest BCUT2D eigenvalue weighted by molar-refractivity contribution is -0.274. The number of carbonyl (C=O) groups is 2. The van der Waals surface area contributed by atoms with Crippen molar-refractivity contribution in [3.63, 3.8) is 0 Å². The summed E-state index contributed by atoms with van der Waals surface area (Å²) < 4.78 is 42.6. The Morgan fingerprint density at radius 2 is 1.84 bits per heavy atom. The lowest BCUT2D eigenvalue weighted by atomic mass is 9.85. The van der Waals surface area contributed by atoms with Gasteiger partial charge in [0.15, 0.2) is 5.82 Å². The number of carbonyl (C=O) groups excluding carboxylic acids is 2. The maximum atomic E-state index is 13.1. The number of halogens is 3. The van der Waals surface area contributed by atoms with Gasteiger partial charge in [0, 0.05) is 24.3 Å². The molecule has 2 heterocycles. The molecule has 45 heavy (non-hydrogen) atoms. The summed E-state index contributed by atoms with van der Waals surface area (Å²) in [6.45, 7) is 6.55. The molecule has 12 heteroatoms. The first-order valence-corrected chi connectivity index (χ1v) is 15.4. The zero-order chi connectivity index (χ0) is 32.1. The number of rotatable bonds is 8. The van der Waals surface area contributed by atoms with Gasteiger partial charge in [-0.3, -0.25) is 4.79 Å². The van der Waals surface area contributed by atoms with Crippen molar-refractivity contribution in [1.82, 2.24) is 20.1 Å². The molecule has 1 aromatic heterocycles. The summed E-state index contributed by atoms with van der Waals surface area (Å²) in [7, 11) is 0. The Hall–Kier alpha value is -4.45. The van der Waals surface area contributed by atoms with Gasteiger partial charge < -0.3 is 10.1 Å². The first-order chi connectivity index (χ1) is 21.5. The van der Waals surface area contributed by atoms with Crippen LogP contribution in [0.4, 0.5) is 18.0 Å². The number of amides is 2. The number of alkyl halides is 3. The molecule has 4 aromatic rings. The van der Waals surface area contributed by atoms with Crippen LogP contribution in [0.3, 0.4) is 0 Å². The Labute approximate surface area is 263 Å². The van der Waals surface area contributed by atoms with E-state index >= 15 is 0 Å². The van der Waals surface area contributed by atoms with Gasteiger partial charge in [0.25, 0.3) is 0 Å². The van der Waals surface area contributed by atoms with Gasteiger partial charge >= 0.3 is 12.4 Å². The van der Waals surface area contributed by atoms with Crippen LogP contribution in [0, 0.1) is 6.92 Å². The van der Waals surface area contributed by atoms with Gasteiger partial charge in [-0.2, -0.15) is 4.99 Å². The minimum Gasteiger partial charge on any atom is -0.406 e. The molecular weight excluding hydrogens is 603 g/mol. The van der Waals surface area contributed by atoms with E-state index in [1.807, 2.05) is 43.3 Å². The van der Waals surface area contributed by atoms with Crippen molar-refractivity contribution in [1.29, 1.82) is 0 Å². The highest BCUT2D eigenvalue weighted by Gasteiger charge is 2.33. The molecule has 0 spiro atoms. The zero-order valence-corrected chi connectivity index (χ0v) is 25.8. The van der Waals surface area contributed by atoms with Crippen LogP contribution < -0.4 is 10.1 Å². The van der Waals surface area contributed by atoms with Gasteiger partial charge in [-0.05, 0) is 60.2 Å². The summed E-state index contributed by atoms with van der Waals surface area (Å²) in [5, 5.41) is 7.81. The van der Waals surface area contributed by atoms with Gasteiger partial charge in [-0.15, -0.1) is 30.0 Å². The van der Waals surface area contributed by atoms with Crippen LogP contribution >= 0.6 is 11.8 Å². The molecule has 5 rings (SSSR count). The summed E-state index contributed by atoms with van der Waals surface area (Å²) in [5.74, 6) is 0.521. The number of hydrogen-bond donors (Lipinski definition) is 1. The van der Waals surface area contributed by atoms with E-state index in [0.29, 0.717) is 41.7 Å². The van der Waals surface area contributed by atoms with Crippen LogP contribution in [-0.2, 0) is 11.2 Å². The van der Waals surface area contributed by atoms with Crippen LogP contribution in [-0.4, -0.2) is 50.3 Å². The van der Waals surface area contributed by atoms with Crippen LogP contribution in [0.15, 0.2) is 78.0 Å². The Kier molecular flexibility index (Phi) is 9.71. The normalized spacial score (nSPS) is 16.3. The van der Waals surface area contributed by atoms with E-state index in [9.17, 15) is 22.8 Å². The SMILES string of the molecule is Cc1ccc(C(C)C)c(C2C(=O)CCS/C2=N\C(=O)NCCc2ccc(-c3ncn(-c4ccc(OC(F)(F)F)cc4)n3)cc2)c1. The van der Waals surface area contributed by atoms with Crippen molar-refractivity contribution in [2.75, 3.05) is 12.3 Å². The van der Waals surface area contributed by atoms with Crippen molar-refractivity contribution in [3.05, 3.63) is 95.3 Å². The Bertz CT molecular complexity index is 1700. The Balaban J connectivity index is 1.19. The molecule has 1 atom stereocenters. The highest BCUT2D eigenvalue weighted by atomic mass is 32.2. The molecule has 0 saturated carbocycles. The molecule has 1 N–H and O–H groups in total. The molecule has 1 unspecified atom stereocenters. The zero-order valence-electron chi connectivity index (χ0n) is 25.0. The van der Waals surface area contributed by atoms with Gasteiger partial charge in [0.2, 0.25) is 0 Å². The number of aliphatic imine (C=N–C) groups is 1. The predicted molar refractivity (Wildman–Crippen MR) is 168 cm³/mol. The minimum atomic E-state index is -4.76. The molecule has 3 aromatic carbocycles. The van der Waals surface area contributed by atoms with E-state index in [1.165, 1.54) is 47.0 Å². The lowest BCUT2D eigenvalue weighted by Crippen LogP contribution is -2.30. The smallest absolute Gasteiger partial charge is 0.406 e. The van der Waals surface area contributed by atoms with Gasteiger partial charge in [-0.25, -0.2) is 14.5 Å². The first-order valence-electron chi connectivity index (χ1n) is 14.5. The van der Waals surface area contributed by atoms with Crippen molar-refractivity contribution in [2.45, 2.75) is 51.8 Å². The third kappa shape index (κ3) is 8.18. The number of hydrogen-bond acceptors (Lipinski definition) is 6. The van der Waals surface area contributed by atoms with Gasteiger partial charge in [0.05, 0.1) is 16.6 Å². The first kappa shape index (κ1) is 32.0. The summed E-state index contributed by atoms with van der Waals surface area (Å²) in [5.41, 5.74) is 5.35. The highest BCUT2D eigenvalue weighted by molar-refractivity contribution is 8.14. The third-order valence-corrected chi connectivity index (χ3v) is 8.31. The van der Waals surface area contributed by atoms with Gasteiger partial charge in [0.1, 0.15) is 17.9 Å². The summed E-state index contributed by atoms with van der Waals surface area (Å²) in [6, 6.07) is 18.5. The van der Waals surface area contributed by atoms with Crippen molar-refractivity contribution in [3.8, 4) is 22.8 Å². The number of aryl methyl sites for hydroxylation is 1. The molecule has 1 aliphatic rings. The van der Waals surface area contributed by atoms with Crippen molar-refractivity contribution < 1.29 is 27.5 Å². The number of Topliss-reactive ketones (excluding diaryl/α,β-unsaturated/α-hetero) is 1. The summed E-state index contributed by atoms with van der Waals surface area (Å²) >= 11 is 1.46. The number of ether oxygens (including phenoxy) is 1. The van der Waals surface area contributed by atoms with E-state index in [-0.39, 0.29) is 17.5 Å². The molecule has 234 valence electrons. The standard InChI is InChI=1S/C33H32F3N5O3S/c1-20(2)26-13-4-21(3)18-27(26)29-28(42)15-17-45-31(29)39-32(43)37-16-14-22-5-7-23(8-6-22)30-38-19-41(40-30)24-9-11-25(12-10-24)44-33(34,35)36/h4-13,18-20,29H,14-17H2,1-3H3,(H,37,43)/b39-31-. The monoisotopic (exact) mass is 635 g/mol. The maximum Gasteiger partial charge on any atom is 0.573 e. The molecule has 1 fully saturated rings. The molecule has 8 nitrogen and oxygen atoms in total. The molecular formula is C33H32F3N5O3S. The second-order valence-corrected chi connectivity index (χ2v) is 12.1. The number of nitrogens with one attached hydrogen (secondary N) is 1. The second kappa shape index (κ2) is 13.7. The van der Waals surface area contributed by atoms with Crippen LogP contribution in [0.25, 0.3) is 17.1 Å². The summed E-state index contributed by atoms with van der Waals surface area (Å²) in [4.78, 5) is 34.5. The third-order valence-electron chi connectivity index (χ3n) is 7.28. The quantitative estimate of drug-likeness (QED) is 0.217. The number of thioether (sulfide) groups is 1. The fraction of sp³-hybridized carbons (Fsp3) is 0.303. The molecule has 2 amide bonds. The predicted octanol–water partition coefficient (Wildman–Crippen LogP) is 7.41. The molecule has 1 aliphatic heterocycles. The molecule has 0 aliphatic carbocycles. The Morgan fingerprint density at radius 1 is 1.11 bits per heavy atom. The van der Waals surface area contributed by atoms with E-state index < -0.39 is 18.3 Å². The second-order valence-electron chi connectivity index (χ2n) is 11.0. The molecule has 0 bridgehead atoms. The molecule has 0 radical (unpaired) electrons. The number of aromatic nitrogens is 3. The van der Waals surface area contributed by atoms with Crippen LogP contribution in [0.1, 0.15) is 54.4 Å². The highest BCUT2D eigenvalue weighted by Crippen LogP contribution is 2.36. The number of benzene rings is 3. The number of urea groups is 1. The largest absolute Gasteiger partial charge is 0.573 e. The van der Waals surface area contributed by atoms with Crippen molar-refractivity contribution in [2.24, 2.45) is 4.99 Å². The number of ketones is 1. The van der Waals surface area contributed by atoms with E-state index in [0.717, 1.165) is 27.8 Å². The molecule has 1 saturated heterocycles. The fourth-order valence-electron chi connectivity index (χ4n) is 5.09. The topological polar surface area (TPSA) is 98.5 Å². The van der Waals surface area contributed by atoms with Crippen molar-refractivity contribution >= 4 is 28.6 Å². The van der Waals surface area contributed by atoms with E-state index in [4.69, 9.17) is 0 Å².